The highest BCUT2D eigenvalue weighted by Crippen LogP contribution is 2.09. The van der Waals surface area contributed by atoms with E-state index in [9.17, 15) is 4.79 Å². The van der Waals surface area contributed by atoms with Gasteiger partial charge in [-0.3, -0.25) is 4.79 Å². The Balaban J connectivity index is 2.55. The zero-order chi connectivity index (χ0) is 11.3. The summed E-state index contributed by atoms with van der Waals surface area (Å²) >= 11 is 5.69. The van der Waals surface area contributed by atoms with Crippen LogP contribution in [-0.2, 0) is 0 Å². The third-order valence-corrected chi connectivity index (χ3v) is 2.15. The number of carbonyl (C=O) groups is 1. The lowest BCUT2D eigenvalue weighted by Crippen LogP contribution is -2.27. The zero-order valence-corrected chi connectivity index (χ0v) is 9.08. The van der Waals surface area contributed by atoms with Crippen molar-refractivity contribution in [2.45, 2.75) is 6.92 Å². The van der Waals surface area contributed by atoms with Crippen LogP contribution in [0.5, 0.6) is 0 Å². The van der Waals surface area contributed by atoms with Crippen LogP contribution < -0.4 is 5.32 Å². The lowest BCUT2D eigenvalue weighted by molar-refractivity contribution is 0.0951. The third-order valence-electron chi connectivity index (χ3n) is 1.90. The molecule has 0 aromatic heterocycles. The average molecular weight is 223 g/mol. The molecule has 4 heteroatoms. The normalized spacial score (nSPS) is 11.5. The fourth-order valence-corrected chi connectivity index (χ4v) is 1.12. The molecule has 0 spiro atoms. The molecule has 15 heavy (non-hydrogen) atoms. The minimum absolute atomic E-state index is 0.179. The molecule has 0 fully saturated rings. The second-order valence-corrected chi connectivity index (χ2v) is 3.68. The van der Waals surface area contributed by atoms with E-state index in [4.69, 9.17) is 16.9 Å². The van der Waals surface area contributed by atoms with Crippen LogP contribution in [0.1, 0.15) is 17.3 Å². The Hall–Kier alpha value is -1.53. The average Bonchev–Trinajstić information content (AvgIpc) is 2.26. The maximum absolute atomic E-state index is 11.5. The molecule has 78 valence electrons. The molecule has 0 aliphatic rings. The van der Waals surface area contributed by atoms with Crippen molar-refractivity contribution >= 4 is 17.5 Å². The van der Waals surface area contributed by atoms with Gasteiger partial charge in [0.1, 0.15) is 0 Å². The molecule has 0 bridgehead atoms. The van der Waals surface area contributed by atoms with E-state index in [0.717, 1.165) is 0 Å². The smallest absolute Gasteiger partial charge is 0.251 e. The summed E-state index contributed by atoms with van der Waals surface area (Å²) < 4.78 is 0. The molecule has 0 saturated heterocycles. The third kappa shape index (κ3) is 3.61. The number of rotatable bonds is 3. The highest BCUT2D eigenvalue weighted by atomic mass is 35.5. The van der Waals surface area contributed by atoms with Gasteiger partial charge in [-0.05, 0) is 31.2 Å². The van der Waals surface area contributed by atoms with E-state index >= 15 is 0 Å². The van der Waals surface area contributed by atoms with Crippen LogP contribution >= 0.6 is 11.6 Å². The van der Waals surface area contributed by atoms with Crippen LogP contribution in [0.15, 0.2) is 24.3 Å². The molecule has 0 aliphatic heterocycles. The van der Waals surface area contributed by atoms with E-state index in [1.54, 1.807) is 31.2 Å². The number of nitrogens with one attached hydrogen (secondary N) is 1. The first kappa shape index (κ1) is 11.5. The van der Waals surface area contributed by atoms with E-state index in [-0.39, 0.29) is 11.8 Å². The van der Waals surface area contributed by atoms with Gasteiger partial charge >= 0.3 is 0 Å². The van der Waals surface area contributed by atoms with E-state index < -0.39 is 0 Å². The monoisotopic (exact) mass is 222 g/mol. The van der Waals surface area contributed by atoms with Crippen molar-refractivity contribution in [1.82, 2.24) is 5.32 Å². The zero-order valence-electron chi connectivity index (χ0n) is 8.33. The maximum Gasteiger partial charge on any atom is 0.251 e. The molecule has 1 aromatic carbocycles. The number of nitrogens with zero attached hydrogens (tertiary/aromatic N) is 1. The molecule has 0 saturated carbocycles. The number of hydrogen-bond acceptors (Lipinski definition) is 2. The maximum atomic E-state index is 11.5. The van der Waals surface area contributed by atoms with Gasteiger partial charge in [-0.1, -0.05) is 11.6 Å². The van der Waals surface area contributed by atoms with Gasteiger partial charge in [0.15, 0.2) is 0 Å². The molecule has 3 nitrogen and oxygen atoms in total. The molecular formula is C11H11ClN2O. The van der Waals surface area contributed by atoms with Crippen molar-refractivity contribution in [3.63, 3.8) is 0 Å². The predicted octanol–water partition coefficient (Wildman–Crippen LogP) is 2.23. The standard InChI is InChI=1S/C11H11ClN2O/c1-8(6-13)7-14-11(15)9-2-4-10(12)5-3-9/h2-5,8H,7H2,1H3,(H,14,15). The fourth-order valence-electron chi connectivity index (χ4n) is 0.995. The minimum Gasteiger partial charge on any atom is -0.351 e. The quantitative estimate of drug-likeness (QED) is 0.853. The van der Waals surface area contributed by atoms with Crippen LogP contribution in [0, 0.1) is 17.2 Å². The van der Waals surface area contributed by atoms with Gasteiger partial charge in [0.25, 0.3) is 5.91 Å². The summed E-state index contributed by atoms with van der Waals surface area (Å²) in [6, 6.07) is 8.65. The largest absolute Gasteiger partial charge is 0.351 e. The van der Waals surface area contributed by atoms with Gasteiger partial charge < -0.3 is 5.32 Å². The Kier molecular flexibility index (Phi) is 4.14. The molecular weight excluding hydrogens is 212 g/mol. The molecule has 1 unspecified atom stereocenters. The molecule has 0 aliphatic carbocycles. The molecule has 0 radical (unpaired) electrons. The summed E-state index contributed by atoms with van der Waals surface area (Å²) in [7, 11) is 0. The van der Waals surface area contributed by atoms with Gasteiger partial charge in [-0.25, -0.2) is 0 Å². The number of amides is 1. The van der Waals surface area contributed by atoms with Gasteiger partial charge in [0.2, 0.25) is 0 Å². The second kappa shape index (κ2) is 5.38. The topological polar surface area (TPSA) is 52.9 Å². The number of nitriles is 1. The summed E-state index contributed by atoms with van der Waals surface area (Å²) in [5.41, 5.74) is 0.546. The van der Waals surface area contributed by atoms with Crippen LogP contribution in [0.4, 0.5) is 0 Å². The second-order valence-electron chi connectivity index (χ2n) is 3.25. The highest BCUT2D eigenvalue weighted by molar-refractivity contribution is 6.30. The summed E-state index contributed by atoms with van der Waals surface area (Å²) in [6.45, 7) is 2.11. The van der Waals surface area contributed by atoms with Gasteiger partial charge in [-0.15, -0.1) is 0 Å². The van der Waals surface area contributed by atoms with Crippen LogP contribution in [0.25, 0.3) is 0 Å². The minimum atomic E-state index is -0.186. The summed E-state index contributed by atoms with van der Waals surface area (Å²) in [5, 5.41) is 11.8. The van der Waals surface area contributed by atoms with Gasteiger partial charge in [0.05, 0.1) is 12.0 Å². The molecule has 1 amide bonds. The first-order valence-corrected chi connectivity index (χ1v) is 4.94. The lowest BCUT2D eigenvalue weighted by Gasteiger charge is -2.05. The summed E-state index contributed by atoms with van der Waals surface area (Å²) in [6.07, 6.45) is 0. The van der Waals surface area contributed by atoms with Crippen LogP contribution in [0.3, 0.4) is 0 Å². The fraction of sp³-hybridized carbons (Fsp3) is 0.273. The van der Waals surface area contributed by atoms with Crippen molar-refractivity contribution in [1.29, 1.82) is 5.26 Å². The van der Waals surface area contributed by atoms with E-state index in [2.05, 4.69) is 5.32 Å². The van der Waals surface area contributed by atoms with Crippen molar-refractivity contribution in [3.8, 4) is 6.07 Å². The van der Waals surface area contributed by atoms with Crippen molar-refractivity contribution in [2.24, 2.45) is 5.92 Å². The van der Waals surface area contributed by atoms with Gasteiger partial charge in [-0.2, -0.15) is 5.26 Å². The number of halogens is 1. The number of carbonyl (C=O) groups excluding carboxylic acids is 1. The van der Waals surface area contributed by atoms with Gasteiger partial charge in [0, 0.05) is 17.1 Å². The van der Waals surface area contributed by atoms with Crippen LogP contribution in [-0.4, -0.2) is 12.5 Å². The predicted molar refractivity (Wildman–Crippen MR) is 58.6 cm³/mol. The van der Waals surface area contributed by atoms with E-state index in [1.807, 2.05) is 6.07 Å². The molecule has 0 heterocycles. The Morgan fingerprint density at radius 2 is 2.13 bits per heavy atom. The first-order chi connectivity index (χ1) is 7.13. The molecule has 1 rings (SSSR count). The van der Waals surface area contributed by atoms with Crippen molar-refractivity contribution < 1.29 is 4.79 Å². The van der Waals surface area contributed by atoms with Crippen molar-refractivity contribution in [3.05, 3.63) is 34.9 Å². The SMILES string of the molecule is CC(C#N)CNC(=O)c1ccc(Cl)cc1. The molecule has 1 N–H and O–H groups in total. The van der Waals surface area contributed by atoms with Crippen LogP contribution in [0.2, 0.25) is 5.02 Å². The van der Waals surface area contributed by atoms with Crippen molar-refractivity contribution in [2.75, 3.05) is 6.54 Å². The highest BCUT2D eigenvalue weighted by Gasteiger charge is 2.06. The number of hydrogen-bond donors (Lipinski definition) is 1. The molecule has 1 aromatic rings. The Morgan fingerprint density at radius 1 is 1.53 bits per heavy atom. The summed E-state index contributed by atoms with van der Waals surface area (Å²) in [5.74, 6) is -0.366. The summed E-state index contributed by atoms with van der Waals surface area (Å²) in [4.78, 5) is 11.5. The first-order valence-electron chi connectivity index (χ1n) is 4.57. The Morgan fingerprint density at radius 3 is 2.67 bits per heavy atom. The Labute approximate surface area is 93.7 Å². The molecule has 1 atom stereocenters. The van der Waals surface area contributed by atoms with E-state index in [1.165, 1.54) is 0 Å². The van der Waals surface area contributed by atoms with E-state index in [0.29, 0.717) is 17.1 Å². The Bertz CT molecular complexity index is 381. The lowest BCUT2D eigenvalue weighted by atomic mass is 10.2. The number of benzene rings is 1.